The number of likely N-dealkylation sites (N-methyl/N-ethyl adjacent to an activating group) is 1. The molecule has 73 heavy (non-hydrogen) atoms. The topological polar surface area (TPSA) is 320 Å². The lowest BCUT2D eigenvalue weighted by atomic mass is 9.95. The molecule has 2 bridgehead atoms. The fraction of sp³-hybridized carbons (Fsp3) is 0.471. The number of aliphatic hydroxyl groups is 1. The molecule has 22 heteroatoms. The molecule has 0 radical (unpaired) electrons. The monoisotopic (exact) mass is 1020 g/mol. The van der Waals surface area contributed by atoms with Crippen LogP contribution in [0.5, 0.6) is 17.2 Å². The zero-order chi connectivity index (χ0) is 53.7. The Labute approximate surface area is 422 Å². The number of rotatable bonds is 15. The Hall–Kier alpha value is -7.75. The second-order valence-electron chi connectivity index (χ2n) is 18.5. The summed E-state index contributed by atoms with van der Waals surface area (Å²) in [7, 11) is 2.65. The van der Waals surface area contributed by atoms with Crippen LogP contribution >= 0.6 is 0 Å². The van der Waals surface area contributed by atoms with Gasteiger partial charge in [0.05, 0.1) is 13.5 Å². The van der Waals surface area contributed by atoms with Gasteiger partial charge in [0, 0.05) is 32.7 Å². The van der Waals surface area contributed by atoms with Crippen molar-refractivity contribution in [3.05, 3.63) is 89.5 Å². The number of fused-ring (bicyclic) bond motifs is 2. The first kappa shape index (κ1) is 56.2. The van der Waals surface area contributed by atoms with E-state index in [-0.39, 0.29) is 55.8 Å². The van der Waals surface area contributed by atoms with Gasteiger partial charge < -0.3 is 66.3 Å². The summed E-state index contributed by atoms with van der Waals surface area (Å²) in [6.45, 7) is 6.05. The number of carbonyl (C=O) groups is 9. The number of carboxylic acid groups (broad SMARTS) is 1. The molecule has 0 aliphatic carbocycles. The number of nitrogens with zero attached hydrogens (tertiary/aromatic N) is 2. The van der Waals surface area contributed by atoms with Crippen molar-refractivity contribution in [3.63, 3.8) is 0 Å². The average molecular weight is 1020 g/mol. The van der Waals surface area contributed by atoms with Crippen molar-refractivity contribution in [2.24, 2.45) is 5.92 Å². The predicted octanol–water partition coefficient (Wildman–Crippen LogP) is 0.571. The molecule has 0 spiro atoms. The van der Waals surface area contributed by atoms with E-state index >= 15 is 4.79 Å². The Morgan fingerprint density at radius 2 is 1.45 bits per heavy atom. The molecule has 2 heterocycles. The first-order valence-electron chi connectivity index (χ1n) is 24.0. The van der Waals surface area contributed by atoms with Gasteiger partial charge in [0.25, 0.3) is 0 Å². The van der Waals surface area contributed by atoms with E-state index in [4.69, 9.17) is 9.47 Å². The third kappa shape index (κ3) is 14.9. The smallest absolute Gasteiger partial charge is 0.329 e. The zero-order valence-electron chi connectivity index (χ0n) is 41.5. The van der Waals surface area contributed by atoms with Crippen molar-refractivity contribution in [2.45, 2.75) is 134 Å². The minimum Gasteiger partial charge on any atom is -0.508 e. The summed E-state index contributed by atoms with van der Waals surface area (Å²) in [5.74, 6) is -10.2. The van der Waals surface area contributed by atoms with Crippen LogP contribution in [-0.4, -0.2) is 152 Å². The number of phenolic OH excluding ortho intramolecular Hbond substituents is 2. The fourth-order valence-corrected chi connectivity index (χ4v) is 8.63. The summed E-state index contributed by atoms with van der Waals surface area (Å²) in [4.78, 5) is 129. The van der Waals surface area contributed by atoms with Gasteiger partial charge in [-0.15, -0.1) is 0 Å². The lowest BCUT2D eigenvalue weighted by molar-refractivity contribution is -0.165. The molecule has 2 aliphatic rings. The number of piperidine rings is 1. The number of hydrogen-bond acceptors (Lipinski definition) is 14. The maximum atomic E-state index is 15.2. The second-order valence-corrected chi connectivity index (χ2v) is 18.5. The van der Waals surface area contributed by atoms with Gasteiger partial charge in [-0.25, -0.2) is 4.79 Å². The Bertz CT molecular complexity index is 2490. The largest absolute Gasteiger partial charge is 0.508 e. The lowest BCUT2D eigenvalue weighted by Crippen LogP contribution is -2.65. The summed E-state index contributed by atoms with van der Waals surface area (Å²) in [5, 5.41) is 54.7. The molecule has 0 aromatic heterocycles. The van der Waals surface area contributed by atoms with Crippen LogP contribution in [-0.2, 0) is 67.2 Å². The highest BCUT2D eigenvalue weighted by molar-refractivity contribution is 5.99. The van der Waals surface area contributed by atoms with E-state index in [9.17, 15) is 58.8 Å². The number of benzene rings is 3. The van der Waals surface area contributed by atoms with Crippen molar-refractivity contribution in [3.8, 4) is 17.2 Å². The van der Waals surface area contributed by atoms with Gasteiger partial charge in [-0.1, -0.05) is 69.3 Å². The normalized spacial score (nSPS) is 23.9. The molecule has 9 unspecified atom stereocenters. The third-order valence-electron chi connectivity index (χ3n) is 12.7. The maximum absolute atomic E-state index is 15.2. The number of carboxylic acids is 1. The highest BCUT2D eigenvalue weighted by Gasteiger charge is 2.46. The Morgan fingerprint density at radius 3 is 2.07 bits per heavy atom. The minimum atomic E-state index is -1.92. The first-order chi connectivity index (χ1) is 34.6. The molecule has 7 amide bonds. The lowest BCUT2D eigenvalue weighted by Gasteiger charge is -2.43. The van der Waals surface area contributed by atoms with E-state index in [1.165, 1.54) is 57.5 Å². The fourth-order valence-electron chi connectivity index (χ4n) is 8.63. The number of esters is 1. The third-order valence-corrected chi connectivity index (χ3v) is 12.7. The van der Waals surface area contributed by atoms with Crippen LogP contribution in [0.3, 0.4) is 0 Å². The number of aliphatic hydroxyl groups excluding tert-OH is 1. The van der Waals surface area contributed by atoms with Crippen LogP contribution in [0.15, 0.2) is 72.8 Å². The minimum absolute atomic E-state index is 0.0705. The van der Waals surface area contributed by atoms with Crippen molar-refractivity contribution in [1.82, 2.24) is 36.4 Å². The first-order valence-corrected chi connectivity index (χ1v) is 24.0. The molecule has 3 aromatic rings. The molecule has 3 aromatic carbocycles. The number of methoxy groups -OCH3 is 1. The number of aromatic hydroxyl groups is 2. The highest BCUT2D eigenvalue weighted by atomic mass is 16.5. The molecule has 394 valence electrons. The van der Waals surface area contributed by atoms with Gasteiger partial charge in [-0.2, -0.15) is 0 Å². The molecular weight excluding hydrogens is 951 g/mol. The molecule has 9 N–H and O–H groups in total. The van der Waals surface area contributed by atoms with E-state index < -0.39 is 120 Å². The van der Waals surface area contributed by atoms with E-state index in [2.05, 4.69) is 26.6 Å². The standard InChI is InChI=1S/C51H65N7O15/c1-7-11-40(61)52-35(26-42(63)64)46(66)56-44-28(4)73-51(71)43(27(2)3)55-47(67)36(24-31-16-20-39(72-6)38(60)25-31)57(5)50(70)37(23-29-12-9-8-10-13-29)58-41(62)21-19-33(49(58)69)53-45(65)34(54-48(44)68)22-30-14-17-32(59)18-15-30/h8-10,12-18,20,25,27-28,33-37,41,43-44,59-60,62H,7,11,19,21-24,26H2,1-6H3,(H,52,61)(H,53,65)(H,54,68)(H,55,67)(H,56,66)(H,63,64). The van der Waals surface area contributed by atoms with Crippen molar-refractivity contribution >= 4 is 53.3 Å². The number of aliphatic carboxylic acids is 1. The van der Waals surface area contributed by atoms with Crippen LogP contribution in [0.4, 0.5) is 0 Å². The quantitative estimate of drug-likeness (QED) is 0.0941. The molecule has 0 saturated carbocycles. The summed E-state index contributed by atoms with van der Waals surface area (Å²) < 4.78 is 11.0. The van der Waals surface area contributed by atoms with Gasteiger partial charge in [0.15, 0.2) is 11.5 Å². The van der Waals surface area contributed by atoms with Crippen molar-refractivity contribution in [2.75, 3.05) is 14.2 Å². The predicted molar refractivity (Wildman–Crippen MR) is 260 cm³/mol. The van der Waals surface area contributed by atoms with Crippen LogP contribution < -0.4 is 31.3 Å². The van der Waals surface area contributed by atoms with Gasteiger partial charge in [-0.05, 0) is 73.1 Å². The number of ether oxygens (including phenoxy) is 2. The maximum Gasteiger partial charge on any atom is 0.329 e. The van der Waals surface area contributed by atoms with E-state index in [0.717, 1.165) is 9.80 Å². The number of nitrogens with one attached hydrogen (secondary N) is 5. The van der Waals surface area contributed by atoms with Gasteiger partial charge >= 0.3 is 11.9 Å². The number of amides is 7. The average Bonchev–Trinajstić information content (AvgIpc) is 3.34. The summed E-state index contributed by atoms with van der Waals surface area (Å²) in [6.07, 6.45) is -4.88. The van der Waals surface area contributed by atoms with E-state index in [1.807, 2.05) is 0 Å². The molecule has 2 fully saturated rings. The van der Waals surface area contributed by atoms with Crippen LogP contribution in [0.1, 0.15) is 76.5 Å². The number of hydrogen-bond donors (Lipinski definition) is 9. The van der Waals surface area contributed by atoms with Gasteiger partial charge in [0.2, 0.25) is 41.4 Å². The molecule has 9 atom stereocenters. The van der Waals surface area contributed by atoms with E-state index in [0.29, 0.717) is 23.1 Å². The molecule has 5 rings (SSSR count). The Morgan fingerprint density at radius 1 is 0.808 bits per heavy atom. The van der Waals surface area contributed by atoms with Crippen LogP contribution in [0.2, 0.25) is 0 Å². The zero-order valence-corrected chi connectivity index (χ0v) is 41.5. The van der Waals surface area contributed by atoms with Crippen molar-refractivity contribution in [1.29, 1.82) is 0 Å². The molecule has 22 nitrogen and oxygen atoms in total. The van der Waals surface area contributed by atoms with Crippen molar-refractivity contribution < 1.29 is 73.1 Å². The summed E-state index contributed by atoms with van der Waals surface area (Å²) in [6, 6.07) is 7.34. The number of cyclic esters (lactones) is 1. The van der Waals surface area contributed by atoms with Crippen LogP contribution in [0.25, 0.3) is 0 Å². The second kappa shape index (κ2) is 25.6. The van der Waals surface area contributed by atoms with Gasteiger partial charge in [-0.3, -0.25) is 38.4 Å². The highest BCUT2D eigenvalue weighted by Crippen LogP contribution is 2.29. The number of carbonyl (C=O) groups excluding carboxylic acids is 8. The number of phenols is 2. The summed E-state index contributed by atoms with van der Waals surface area (Å²) in [5.41, 5.74) is 1.30. The molecule has 2 aliphatic heterocycles. The molecular formula is C51H65N7O15. The SMILES string of the molecule is CCCC(=O)NC(CC(=O)O)C(=O)NC1C(=O)NC(Cc2ccc(O)cc2)C(=O)NC2CCC(O)N(C2=O)C(Cc2ccccc2)C(=O)N(C)C(Cc2ccc(OC)c(O)c2)C(=O)NC(C(C)C)C(=O)OC1C. The Kier molecular flexibility index (Phi) is 19.7. The Balaban J connectivity index is 1.66. The summed E-state index contributed by atoms with van der Waals surface area (Å²) >= 11 is 0. The molecule has 2 saturated heterocycles. The van der Waals surface area contributed by atoms with Crippen LogP contribution in [0, 0.1) is 5.92 Å². The van der Waals surface area contributed by atoms with Gasteiger partial charge in [0.1, 0.15) is 60.4 Å². The van der Waals surface area contributed by atoms with E-state index in [1.54, 1.807) is 57.2 Å².